The molecule has 0 fully saturated rings. The lowest BCUT2D eigenvalue weighted by Crippen LogP contribution is -2.13. The van der Waals surface area contributed by atoms with Crippen LogP contribution in [-0.4, -0.2) is 46.4 Å². The summed E-state index contributed by atoms with van der Waals surface area (Å²) in [6.45, 7) is 1.44. The maximum Gasteiger partial charge on any atom is 0.162 e. The van der Waals surface area contributed by atoms with Crippen LogP contribution < -0.4 is 5.32 Å². The van der Waals surface area contributed by atoms with Crippen LogP contribution >= 0.6 is 15.9 Å². The summed E-state index contributed by atoms with van der Waals surface area (Å²) in [5.41, 5.74) is 1.77. The number of aliphatic hydroxyl groups is 1. The van der Waals surface area contributed by atoms with Gasteiger partial charge in [0.25, 0.3) is 0 Å². The third kappa shape index (κ3) is 4.05. The normalized spacial score (nSPS) is 10.9. The van der Waals surface area contributed by atoms with Gasteiger partial charge in [-0.05, 0) is 30.3 Å². The van der Waals surface area contributed by atoms with Crippen LogP contribution in [0.15, 0.2) is 47.2 Å². The highest BCUT2D eigenvalue weighted by atomic mass is 79.9. The quantitative estimate of drug-likeness (QED) is 0.605. The van der Waals surface area contributed by atoms with Crippen molar-refractivity contribution in [1.82, 2.24) is 15.0 Å². The van der Waals surface area contributed by atoms with Gasteiger partial charge in [0.1, 0.15) is 5.82 Å². The number of aliphatic hydroxyl groups excluding tert-OH is 1. The molecule has 2 N–H and O–H groups in total. The highest BCUT2D eigenvalue weighted by molar-refractivity contribution is 9.10. The van der Waals surface area contributed by atoms with Crippen LogP contribution in [0.3, 0.4) is 0 Å². The molecule has 0 spiro atoms. The minimum absolute atomic E-state index is 0.0234. The topological polar surface area (TPSA) is 80.2 Å². The Morgan fingerprint density at radius 3 is 2.71 bits per heavy atom. The van der Waals surface area contributed by atoms with Gasteiger partial charge in [-0.1, -0.05) is 15.9 Å². The third-order valence-electron chi connectivity index (χ3n) is 3.37. The van der Waals surface area contributed by atoms with E-state index in [1.165, 1.54) is 0 Å². The van der Waals surface area contributed by atoms with Gasteiger partial charge in [-0.25, -0.2) is 9.97 Å². The molecule has 0 aliphatic heterocycles. The number of nitrogens with one attached hydrogen (secondary N) is 1. The zero-order valence-corrected chi connectivity index (χ0v) is 14.5. The van der Waals surface area contributed by atoms with Gasteiger partial charge in [0.15, 0.2) is 5.82 Å². The standard InChI is InChI=1S/C17H17BrN4O2/c18-13-1-2-15-14(11-13)17(20-7-9-24-10-8-23)22-16(21-15)12-3-5-19-6-4-12/h1-6,11,23H,7-10H2,(H,20,21,22). The van der Waals surface area contributed by atoms with Crippen molar-refractivity contribution in [3.05, 3.63) is 47.2 Å². The van der Waals surface area contributed by atoms with Crippen molar-refractivity contribution in [2.45, 2.75) is 0 Å². The molecule has 0 aliphatic carbocycles. The first-order valence-electron chi connectivity index (χ1n) is 7.58. The van der Waals surface area contributed by atoms with Crippen molar-refractivity contribution in [2.75, 3.05) is 31.7 Å². The summed E-state index contributed by atoms with van der Waals surface area (Å²) in [5, 5.41) is 13.0. The summed E-state index contributed by atoms with van der Waals surface area (Å²) in [6.07, 6.45) is 3.45. The molecular weight excluding hydrogens is 372 g/mol. The molecule has 7 heteroatoms. The van der Waals surface area contributed by atoms with Crippen molar-refractivity contribution >= 4 is 32.7 Å². The van der Waals surface area contributed by atoms with Crippen LogP contribution in [-0.2, 0) is 4.74 Å². The molecule has 0 saturated heterocycles. The van der Waals surface area contributed by atoms with Gasteiger partial charge in [-0.3, -0.25) is 4.98 Å². The number of halogens is 1. The average molecular weight is 389 g/mol. The van der Waals surface area contributed by atoms with Crippen LogP contribution in [0.2, 0.25) is 0 Å². The fourth-order valence-electron chi connectivity index (χ4n) is 2.27. The lowest BCUT2D eigenvalue weighted by molar-refractivity contribution is 0.0992. The van der Waals surface area contributed by atoms with E-state index in [4.69, 9.17) is 9.84 Å². The van der Waals surface area contributed by atoms with E-state index in [9.17, 15) is 0 Å². The second-order valence-electron chi connectivity index (χ2n) is 5.06. The van der Waals surface area contributed by atoms with Crippen LogP contribution in [0.25, 0.3) is 22.3 Å². The minimum Gasteiger partial charge on any atom is -0.394 e. The summed E-state index contributed by atoms with van der Waals surface area (Å²) < 4.78 is 6.25. The fourth-order valence-corrected chi connectivity index (χ4v) is 2.63. The van der Waals surface area contributed by atoms with E-state index in [1.54, 1.807) is 12.4 Å². The van der Waals surface area contributed by atoms with Crippen LogP contribution in [0.5, 0.6) is 0 Å². The van der Waals surface area contributed by atoms with Gasteiger partial charge in [0.2, 0.25) is 0 Å². The van der Waals surface area contributed by atoms with E-state index in [-0.39, 0.29) is 6.61 Å². The molecule has 2 aromatic heterocycles. The molecule has 6 nitrogen and oxygen atoms in total. The second kappa shape index (κ2) is 8.14. The Bertz CT molecular complexity index is 814. The molecule has 0 amide bonds. The van der Waals surface area contributed by atoms with Gasteiger partial charge < -0.3 is 15.2 Å². The highest BCUT2D eigenvalue weighted by Gasteiger charge is 2.09. The Balaban J connectivity index is 1.93. The molecule has 2 heterocycles. The van der Waals surface area contributed by atoms with Crippen molar-refractivity contribution in [1.29, 1.82) is 0 Å². The van der Waals surface area contributed by atoms with Crippen LogP contribution in [0.4, 0.5) is 5.82 Å². The van der Waals surface area contributed by atoms with E-state index in [0.29, 0.717) is 25.6 Å². The number of rotatable bonds is 7. The molecule has 0 radical (unpaired) electrons. The number of pyridine rings is 1. The van der Waals surface area contributed by atoms with Gasteiger partial charge in [0, 0.05) is 34.4 Å². The molecule has 0 bridgehead atoms. The first-order valence-corrected chi connectivity index (χ1v) is 8.37. The molecule has 3 aromatic rings. The fraction of sp³-hybridized carbons (Fsp3) is 0.235. The van der Waals surface area contributed by atoms with Crippen molar-refractivity contribution in [3.8, 4) is 11.4 Å². The molecule has 0 atom stereocenters. The van der Waals surface area contributed by atoms with Crippen LogP contribution in [0, 0.1) is 0 Å². The molecule has 0 saturated carbocycles. The molecule has 0 unspecified atom stereocenters. The first kappa shape index (κ1) is 16.8. The molecule has 3 rings (SSSR count). The summed E-state index contributed by atoms with van der Waals surface area (Å²) in [6, 6.07) is 9.67. The average Bonchev–Trinajstić information content (AvgIpc) is 2.62. The summed E-state index contributed by atoms with van der Waals surface area (Å²) >= 11 is 3.49. The molecule has 0 aliphatic rings. The number of aromatic nitrogens is 3. The Morgan fingerprint density at radius 1 is 1.08 bits per heavy atom. The number of ether oxygens (including phenoxy) is 1. The first-order chi connectivity index (χ1) is 11.8. The van der Waals surface area contributed by atoms with Crippen molar-refractivity contribution < 1.29 is 9.84 Å². The smallest absolute Gasteiger partial charge is 0.162 e. The number of hydrogen-bond donors (Lipinski definition) is 2. The van der Waals surface area contributed by atoms with Gasteiger partial charge in [0.05, 0.1) is 25.3 Å². The lowest BCUT2D eigenvalue weighted by atomic mass is 10.2. The predicted octanol–water partition coefficient (Wildman–Crippen LogP) is 2.88. The zero-order valence-electron chi connectivity index (χ0n) is 12.9. The SMILES string of the molecule is OCCOCCNc1nc(-c2ccncc2)nc2ccc(Br)cc12. The van der Waals surface area contributed by atoms with E-state index in [2.05, 4.69) is 36.2 Å². The number of anilines is 1. The maximum absolute atomic E-state index is 8.74. The maximum atomic E-state index is 8.74. The molecule has 124 valence electrons. The van der Waals surface area contributed by atoms with Crippen molar-refractivity contribution in [3.63, 3.8) is 0 Å². The summed E-state index contributed by atoms with van der Waals surface area (Å²) in [5.74, 6) is 1.40. The number of fused-ring (bicyclic) bond motifs is 1. The third-order valence-corrected chi connectivity index (χ3v) is 3.86. The van der Waals surface area contributed by atoms with E-state index >= 15 is 0 Å². The van der Waals surface area contributed by atoms with Crippen LogP contribution in [0.1, 0.15) is 0 Å². The molecule has 1 aromatic carbocycles. The van der Waals surface area contributed by atoms with Crippen molar-refractivity contribution in [2.24, 2.45) is 0 Å². The lowest BCUT2D eigenvalue weighted by Gasteiger charge is -2.11. The van der Waals surface area contributed by atoms with Gasteiger partial charge in [-0.2, -0.15) is 0 Å². The van der Waals surface area contributed by atoms with E-state index in [0.717, 1.165) is 26.8 Å². The monoisotopic (exact) mass is 388 g/mol. The number of hydrogen-bond acceptors (Lipinski definition) is 6. The Labute approximate surface area is 148 Å². The Morgan fingerprint density at radius 2 is 1.92 bits per heavy atom. The number of benzene rings is 1. The van der Waals surface area contributed by atoms with E-state index < -0.39 is 0 Å². The molecule has 24 heavy (non-hydrogen) atoms. The predicted molar refractivity (Wildman–Crippen MR) is 96.9 cm³/mol. The zero-order chi connectivity index (χ0) is 16.8. The Hall–Kier alpha value is -2.09. The van der Waals surface area contributed by atoms with Gasteiger partial charge >= 0.3 is 0 Å². The molecular formula is C17H17BrN4O2. The highest BCUT2D eigenvalue weighted by Crippen LogP contribution is 2.27. The number of nitrogens with zero attached hydrogens (tertiary/aromatic N) is 3. The van der Waals surface area contributed by atoms with E-state index in [1.807, 2.05) is 30.3 Å². The Kier molecular flexibility index (Phi) is 5.68. The summed E-state index contributed by atoms with van der Waals surface area (Å²) in [4.78, 5) is 13.3. The second-order valence-corrected chi connectivity index (χ2v) is 5.97. The minimum atomic E-state index is 0.0234. The van der Waals surface area contributed by atoms with Gasteiger partial charge in [-0.15, -0.1) is 0 Å². The largest absolute Gasteiger partial charge is 0.394 e. The summed E-state index contributed by atoms with van der Waals surface area (Å²) in [7, 11) is 0.